The van der Waals surface area contributed by atoms with Crippen LogP contribution >= 0.6 is 11.3 Å². The van der Waals surface area contributed by atoms with Crippen molar-refractivity contribution in [3.05, 3.63) is 28.2 Å². The highest BCUT2D eigenvalue weighted by molar-refractivity contribution is 7.08. The lowest BCUT2D eigenvalue weighted by molar-refractivity contribution is -0.156. The van der Waals surface area contributed by atoms with E-state index in [1.54, 1.807) is 5.38 Å². The number of hydrogen-bond donors (Lipinski definition) is 1. The molecule has 1 N–H and O–H groups in total. The summed E-state index contributed by atoms with van der Waals surface area (Å²) in [6, 6.07) is 1.47. The van der Waals surface area contributed by atoms with Crippen LogP contribution in [0.1, 0.15) is 16.1 Å². The number of carbonyl (C=O) groups is 1. The molecule has 2 aromatic rings. The number of rotatable bonds is 2. The van der Waals surface area contributed by atoms with Gasteiger partial charge in [-0.15, -0.1) is 0 Å². The van der Waals surface area contributed by atoms with E-state index in [-0.39, 0.29) is 11.3 Å². The molecule has 90 valence electrons. The first-order chi connectivity index (χ1) is 7.91. The zero-order valence-electron chi connectivity index (χ0n) is 7.99. The fourth-order valence-corrected chi connectivity index (χ4v) is 1.92. The third-order valence-corrected chi connectivity index (χ3v) is 2.64. The highest BCUT2D eigenvalue weighted by Gasteiger charge is 2.43. The molecule has 0 saturated carbocycles. The predicted octanol–water partition coefficient (Wildman–Crippen LogP) is 3.12. The standard InChI is InChI=1S/C9H4F3NO3S/c10-9(11,12)7-5(8(14)15)6(13-16-7)4-1-2-17-3-4/h1-3H,(H,14,15). The molecule has 8 heteroatoms. The van der Waals surface area contributed by atoms with Crippen LogP contribution in [0.2, 0.25) is 0 Å². The van der Waals surface area contributed by atoms with Gasteiger partial charge < -0.3 is 9.63 Å². The van der Waals surface area contributed by atoms with Crippen molar-refractivity contribution in [3.63, 3.8) is 0 Å². The van der Waals surface area contributed by atoms with Gasteiger partial charge in [0.15, 0.2) is 0 Å². The number of carboxylic acid groups (broad SMARTS) is 1. The summed E-state index contributed by atoms with van der Waals surface area (Å²) in [6.07, 6.45) is -4.88. The van der Waals surface area contributed by atoms with E-state index in [4.69, 9.17) is 5.11 Å². The molecule has 0 fully saturated rings. The lowest BCUT2D eigenvalue weighted by atomic mass is 10.1. The molecule has 0 aliphatic rings. The van der Waals surface area contributed by atoms with Crippen LogP contribution in [0.5, 0.6) is 0 Å². The number of halogens is 3. The molecular formula is C9H4F3NO3S. The summed E-state index contributed by atoms with van der Waals surface area (Å²) in [7, 11) is 0. The number of thiophene rings is 1. The monoisotopic (exact) mass is 263 g/mol. The van der Waals surface area contributed by atoms with Crippen LogP contribution in [-0.4, -0.2) is 16.2 Å². The molecule has 17 heavy (non-hydrogen) atoms. The van der Waals surface area contributed by atoms with Crippen molar-refractivity contribution in [3.8, 4) is 11.3 Å². The Hall–Kier alpha value is -1.83. The number of aromatic nitrogens is 1. The van der Waals surface area contributed by atoms with Crippen LogP contribution in [0.15, 0.2) is 21.3 Å². The molecule has 0 aliphatic carbocycles. The zero-order chi connectivity index (χ0) is 12.6. The second-order valence-corrected chi connectivity index (χ2v) is 3.83. The van der Waals surface area contributed by atoms with E-state index >= 15 is 0 Å². The number of nitrogens with zero attached hydrogens (tertiary/aromatic N) is 1. The van der Waals surface area contributed by atoms with Gasteiger partial charge in [0.2, 0.25) is 0 Å². The molecule has 0 atom stereocenters. The Morgan fingerprint density at radius 1 is 1.47 bits per heavy atom. The Balaban J connectivity index is 2.64. The molecule has 2 aromatic heterocycles. The minimum Gasteiger partial charge on any atom is -0.477 e. The number of carboxylic acids is 1. The molecule has 0 spiro atoms. The highest BCUT2D eigenvalue weighted by Crippen LogP contribution is 2.37. The van der Waals surface area contributed by atoms with Crippen LogP contribution in [-0.2, 0) is 6.18 Å². The van der Waals surface area contributed by atoms with E-state index in [1.807, 2.05) is 0 Å². The first-order valence-electron chi connectivity index (χ1n) is 4.24. The van der Waals surface area contributed by atoms with E-state index < -0.39 is 23.5 Å². The van der Waals surface area contributed by atoms with E-state index in [0.717, 1.165) is 0 Å². The summed E-state index contributed by atoms with van der Waals surface area (Å²) in [5.74, 6) is -3.31. The smallest absolute Gasteiger partial charge is 0.453 e. The normalized spacial score (nSPS) is 11.7. The van der Waals surface area contributed by atoms with E-state index in [0.29, 0.717) is 0 Å². The van der Waals surface area contributed by atoms with E-state index in [1.165, 1.54) is 22.8 Å². The summed E-state index contributed by atoms with van der Waals surface area (Å²) in [5.41, 5.74) is -0.992. The second-order valence-electron chi connectivity index (χ2n) is 3.05. The fourth-order valence-electron chi connectivity index (χ4n) is 1.28. The Morgan fingerprint density at radius 2 is 2.18 bits per heavy atom. The molecule has 0 unspecified atom stereocenters. The topological polar surface area (TPSA) is 63.3 Å². The van der Waals surface area contributed by atoms with Gasteiger partial charge in [0.05, 0.1) is 0 Å². The SMILES string of the molecule is O=C(O)c1c(-c2ccsc2)noc1C(F)(F)F. The van der Waals surface area contributed by atoms with Gasteiger partial charge in [-0.3, -0.25) is 0 Å². The van der Waals surface area contributed by atoms with Crippen molar-refractivity contribution in [1.29, 1.82) is 0 Å². The van der Waals surface area contributed by atoms with E-state index in [9.17, 15) is 18.0 Å². The van der Waals surface area contributed by atoms with Crippen molar-refractivity contribution >= 4 is 17.3 Å². The molecule has 0 saturated heterocycles. The summed E-state index contributed by atoms with van der Waals surface area (Å²) in [4.78, 5) is 10.8. The molecule has 0 aromatic carbocycles. The van der Waals surface area contributed by atoms with Crippen LogP contribution in [0.4, 0.5) is 13.2 Å². The quantitative estimate of drug-likeness (QED) is 0.904. The molecule has 0 aliphatic heterocycles. The maximum atomic E-state index is 12.5. The van der Waals surface area contributed by atoms with Gasteiger partial charge in [0, 0.05) is 10.9 Å². The molecule has 0 amide bonds. The molecule has 2 rings (SSSR count). The van der Waals surface area contributed by atoms with Crippen molar-refractivity contribution in [2.24, 2.45) is 0 Å². The predicted molar refractivity (Wildman–Crippen MR) is 51.8 cm³/mol. The second kappa shape index (κ2) is 3.88. The van der Waals surface area contributed by atoms with E-state index in [2.05, 4.69) is 9.68 Å². The molecular weight excluding hydrogens is 259 g/mol. The van der Waals surface area contributed by atoms with Gasteiger partial charge in [0.25, 0.3) is 5.76 Å². The summed E-state index contributed by atoms with van der Waals surface area (Å²) in [5, 5.41) is 15.1. The maximum absolute atomic E-state index is 12.5. The van der Waals surface area contributed by atoms with Crippen LogP contribution in [0, 0.1) is 0 Å². The van der Waals surface area contributed by atoms with Gasteiger partial charge in [-0.1, -0.05) is 5.16 Å². The summed E-state index contributed by atoms with van der Waals surface area (Å²) >= 11 is 1.22. The molecule has 0 radical (unpaired) electrons. The largest absolute Gasteiger partial charge is 0.477 e. The number of hydrogen-bond acceptors (Lipinski definition) is 4. The van der Waals surface area contributed by atoms with Crippen LogP contribution < -0.4 is 0 Å². The lowest BCUT2D eigenvalue weighted by Gasteiger charge is -2.01. The van der Waals surface area contributed by atoms with Crippen molar-refractivity contribution in [2.75, 3.05) is 0 Å². The summed E-state index contributed by atoms with van der Waals surface area (Å²) in [6.45, 7) is 0. The average Bonchev–Trinajstić information content (AvgIpc) is 2.84. The Labute approximate surface area is 96.3 Å². The third kappa shape index (κ3) is 2.03. The van der Waals surface area contributed by atoms with Crippen LogP contribution in [0.3, 0.4) is 0 Å². The van der Waals surface area contributed by atoms with Gasteiger partial charge in [-0.2, -0.15) is 24.5 Å². The lowest BCUT2D eigenvalue weighted by Crippen LogP contribution is -2.10. The first kappa shape index (κ1) is 11.6. The minimum absolute atomic E-state index is 0.284. The zero-order valence-corrected chi connectivity index (χ0v) is 8.80. The first-order valence-corrected chi connectivity index (χ1v) is 5.18. The number of aromatic carboxylic acids is 1. The molecule has 0 bridgehead atoms. The molecule has 4 nitrogen and oxygen atoms in total. The average molecular weight is 263 g/mol. The highest BCUT2D eigenvalue weighted by atomic mass is 32.1. The number of alkyl halides is 3. The Bertz CT molecular complexity index is 544. The van der Waals surface area contributed by atoms with Crippen molar-refractivity contribution < 1.29 is 27.6 Å². The maximum Gasteiger partial charge on any atom is 0.453 e. The van der Waals surface area contributed by atoms with Crippen molar-refractivity contribution in [1.82, 2.24) is 5.16 Å². The fraction of sp³-hybridized carbons (Fsp3) is 0.111. The van der Waals surface area contributed by atoms with Gasteiger partial charge in [-0.25, -0.2) is 4.79 Å². The van der Waals surface area contributed by atoms with Gasteiger partial charge in [-0.05, 0) is 11.4 Å². The minimum atomic E-state index is -4.88. The van der Waals surface area contributed by atoms with Gasteiger partial charge >= 0.3 is 12.1 Å². The Kier molecular flexibility index (Phi) is 2.66. The van der Waals surface area contributed by atoms with Crippen LogP contribution in [0.25, 0.3) is 11.3 Å². The molecule has 2 heterocycles. The van der Waals surface area contributed by atoms with Crippen molar-refractivity contribution in [2.45, 2.75) is 6.18 Å². The summed E-state index contributed by atoms with van der Waals surface area (Å²) < 4.78 is 41.5. The Morgan fingerprint density at radius 3 is 2.65 bits per heavy atom. The third-order valence-electron chi connectivity index (χ3n) is 1.96. The van der Waals surface area contributed by atoms with Gasteiger partial charge in [0.1, 0.15) is 11.3 Å².